The largest absolute Gasteiger partial charge is 0.396 e. The molecular formula is C9H9FN2O. The fraction of sp³-hybridized carbons (Fsp3) is 0. The molecule has 0 bridgehead atoms. The Balaban J connectivity index is 2.92. The molecular weight excluding hydrogens is 171 g/mol. The molecule has 68 valence electrons. The van der Waals surface area contributed by atoms with E-state index in [1.54, 1.807) is 0 Å². The van der Waals surface area contributed by atoms with Crippen LogP contribution in [0.15, 0.2) is 24.3 Å². The average Bonchev–Trinajstić information content (AvgIpc) is 2.07. The Morgan fingerprint density at radius 2 is 2.15 bits per heavy atom. The van der Waals surface area contributed by atoms with Crippen LogP contribution in [-0.4, -0.2) is 5.91 Å². The van der Waals surface area contributed by atoms with Crippen LogP contribution in [0.5, 0.6) is 0 Å². The third-order valence-electron chi connectivity index (χ3n) is 1.46. The fourth-order valence-corrected chi connectivity index (χ4v) is 0.844. The van der Waals surface area contributed by atoms with Crippen molar-refractivity contribution in [2.45, 2.75) is 0 Å². The van der Waals surface area contributed by atoms with Crippen LogP contribution in [0.3, 0.4) is 0 Å². The minimum Gasteiger partial charge on any atom is -0.396 e. The number of benzene rings is 1. The number of primary amides is 1. The Labute approximate surface area is 74.8 Å². The normalized spacial score (nSPS) is 10.5. The molecule has 4 heteroatoms. The number of nitrogen functional groups attached to an aromatic ring is 1. The number of hydrogen-bond acceptors (Lipinski definition) is 2. The number of anilines is 1. The van der Waals surface area contributed by atoms with E-state index in [0.29, 0.717) is 5.56 Å². The summed E-state index contributed by atoms with van der Waals surface area (Å²) < 4.78 is 12.7. The molecule has 0 aliphatic carbocycles. The Kier molecular flexibility index (Phi) is 2.64. The van der Waals surface area contributed by atoms with E-state index in [-0.39, 0.29) is 5.69 Å². The van der Waals surface area contributed by atoms with Crippen LogP contribution in [0.2, 0.25) is 0 Å². The molecule has 3 nitrogen and oxygen atoms in total. The molecule has 4 N–H and O–H groups in total. The number of carbonyl (C=O) groups excluding carboxylic acids is 1. The van der Waals surface area contributed by atoms with Gasteiger partial charge in [0.2, 0.25) is 5.91 Å². The number of rotatable bonds is 2. The summed E-state index contributed by atoms with van der Waals surface area (Å²) >= 11 is 0. The van der Waals surface area contributed by atoms with Crippen molar-refractivity contribution in [3.05, 3.63) is 35.7 Å². The molecule has 0 aliphatic heterocycles. The minimum atomic E-state index is -0.553. The number of hydrogen-bond donors (Lipinski definition) is 2. The van der Waals surface area contributed by atoms with Crippen molar-refractivity contribution in [1.82, 2.24) is 0 Å². The first-order valence-electron chi connectivity index (χ1n) is 3.62. The third kappa shape index (κ3) is 2.59. The van der Waals surface area contributed by atoms with Crippen molar-refractivity contribution in [2.75, 3.05) is 5.73 Å². The van der Waals surface area contributed by atoms with Gasteiger partial charge in [-0.1, -0.05) is 6.07 Å². The molecule has 1 rings (SSSR count). The summed E-state index contributed by atoms with van der Waals surface area (Å²) in [7, 11) is 0. The van der Waals surface area contributed by atoms with Gasteiger partial charge in [-0.15, -0.1) is 0 Å². The summed E-state index contributed by atoms with van der Waals surface area (Å²) in [4.78, 5) is 10.4. The van der Waals surface area contributed by atoms with E-state index in [9.17, 15) is 9.18 Å². The van der Waals surface area contributed by atoms with Gasteiger partial charge in [0, 0.05) is 6.08 Å². The smallest absolute Gasteiger partial charge is 0.241 e. The van der Waals surface area contributed by atoms with Crippen molar-refractivity contribution in [1.29, 1.82) is 0 Å². The highest BCUT2D eigenvalue weighted by molar-refractivity contribution is 5.90. The van der Waals surface area contributed by atoms with E-state index in [0.717, 1.165) is 0 Å². The van der Waals surface area contributed by atoms with Crippen molar-refractivity contribution in [3.63, 3.8) is 0 Å². The zero-order valence-electron chi connectivity index (χ0n) is 6.83. The minimum absolute atomic E-state index is 0.0478. The van der Waals surface area contributed by atoms with Crippen LogP contribution in [0.4, 0.5) is 10.1 Å². The lowest BCUT2D eigenvalue weighted by Crippen LogP contribution is -2.05. The lowest BCUT2D eigenvalue weighted by molar-refractivity contribution is -0.113. The van der Waals surface area contributed by atoms with Gasteiger partial charge in [-0.2, -0.15) is 0 Å². The average molecular weight is 180 g/mol. The first-order chi connectivity index (χ1) is 6.09. The molecule has 0 atom stereocenters. The molecule has 0 fully saturated rings. The van der Waals surface area contributed by atoms with E-state index in [1.165, 1.54) is 30.4 Å². The summed E-state index contributed by atoms with van der Waals surface area (Å²) in [6.45, 7) is 0. The summed E-state index contributed by atoms with van der Waals surface area (Å²) in [5.41, 5.74) is 10.9. The van der Waals surface area contributed by atoms with Gasteiger partial charge in [-0.05, 0) is 23.8 Å². The zero-order chi connectivity index (χ0) is 9.84. The highest BCUT2D eigenvalue weighted by atomic mass is 19.1. The second-order valence-electron chi connectivity index (χ2n) is 2.52. The number of carbonyl (C=O) groups is 1. The third-order valence-corrected chi connectivity index (χ3v) is 1.46. The summed E-state index contributed by atoms with van der Waals surface area (Å²) in [5, 5.41) is 0. The van der Waals surface area contributed by atoms with E-state index in [2.05, 4.69) is 0 Å². The van der Waals surface area contributed by atoms with Gasteiger partial charge >= 0.3 is 0 Å². The summed E-state index contributed by atoms with van der Waals surface area (Å²) in [5.74, 6) is -1.03. The lowest BCUT2D eigenvalue weighted by atomic mass is 10.2. The molecule has 0 aliphatic rings. The second kappa shape index (κ2) is 3.71. The van der Waals surface area contributed by atoms with Gasteiger partial charge in [-0.3, -0.25) is 4.79 Å². The van der Waals surface area contributed by atoms with Crippen LogP contribution in [0.25, 0.3) is 6.08 Å². The maximum absolute atomic E-state index is 12.7. The molecule has 13 heavy (non-hydrogen) atoms. The van der Waals surface area contributed by atoms with Gasteiger partial charge in [0.15, 0.2) is 0 Å². The number of halogens is 1. The molecule has 1 aromatic carbocycles. The predicted octanol–water partition coefficient (Wildman–Crippen LogP) is 0.906. The van der Waals surface area contributed by atoms with Crippen LogP contribution in [0, 0.1) is 5.82 Å². The molecule has 0 saturated heterocycles. The van der Waals surface area contributed by atoms with Crippen LogP contribution in [-0.2, 0) is 4.79 Å². The Hall–Kier alpha value is -1.84. The van der Waals surface area contributed by atoms with Gasteiger partial charge in [-0.25, -0.2) is 4.39 Å². The Morgan fingerprint density at radius 3 is 2.69 bits per heavy atom. The van der Waals surface area contributed by atoms with Crippen LogP contribution < -0.4 is 11.5 Å². The van der Waals surface area contributed by atoms with E-state index in [4.69, 9.17) is 11.5 Å². The van der Waals surface area contributed by atoms with E-state index >= 15 is 0 Å². The first kappa shape index (κ1) is 9.25. The Bertz CT molecular complexity index is 361. The van der Waals surface area contributed by atoms with E-state index < -0.39 is 11.7 Å². The van der Waals surface area contributed by atoms with Gasteiger partial charge in [0.05, 0.1) is 5.69 Å². The molecule has 0 spiro atoms. The van der Waals surface area contributed by atoms with Crippen molar-refractivity contribution in [2.24, 2.45) is 5.73 Å². The Morgan fingerprint density at radius 1 is 1.46 bits per heavy atom. The van der Waals surface area contributed by atoms with Crippen molar-refractivity contribution >= 4 is 17.7 Å². The van der Waals surface area contributed by atoms with Crippen LogP contribution in [0.1, 0.15) is 5.56 Å². The SMILES string of the molecule is NC(=O)/C=C/c1ccc(F)c(N)c1. The summed E-state index contributed by atoms with van der Waals surface area (Å²) in [6.07, 6.45) is 2.66. The summed E-state index contributed by atoms with van der Waals surface area (Å²) in [6, 6.07) is 4.16. The fourth-order valence-electron chi connectivity index (χ4n) is 0.844. The number of amides is 1. The first-order valence-corrected chi connectivity index (χ1v) is 3.62. The van der Waals surface area contributed by atoms with Gasteiger partial charge in [0.25, 0.3) is 0 Å². The van der Waals surface area contributed by atoms with Gasteiger partial charge < -0.3 is 11.5 Å². The lowest BCUT2D eigenvalue weighted by Gasteiger charge is -1.97. The molecule has 0 radical (unpaired) electrons. The topological polar surface area (TPSA) is 69.1 Å². The molecule has 1 aromatic rings. The molecule has 0 heterocycles. The van der Waals surface area contributed by atoms with Gasteiger partial charge in [0.1, 0.15) is 5.82 Å². The molecule has 0 saturated carbocycles. The maximum atomic E-state index is 12.7. The standard InChI is InChI=1S/C9H9FN2O/c10-7-3-1-6(5-8(7)11)2-4-9(12)13/h1-5H,11H2,(H2,12,13)/b4-2+. The van der Waals surface area contributed by atoms with Crippen LogP contribution >= 0.6 is 0 Å². The molecule has 0 unspecified atom stereocenters. The van der Waals surface area contributed by atoms with Crippen molar-refractivity contribution in [3.8, 4) is 0 Å². The molecule has 1 amide bonds. The molecule has 0 aromatic heterocycles. The predicted molar refractivity (Wildman–Crippen MR) is 49.0 cm³/mol. The quantitative estimate of drug-likeness (QED) is 0.524. The highest BCUT2D eigenvalue weighted by Gasteiger charge is 1.96. The monoisotopic (exact) mass is 180 g/mol. The van der Waals surface area contributed by atoms with Crippen molar-refractivity contribution < 1.29 is 9.18 Å². The zero-order valence-corrected chi connectivity index (χ0v) is 6.83. The highest BCUT2D eigenvalue weighted by Crippen LogP contribution is 2.12. The number of nitrogens with two attached hydrogens (primary N) is 2. The maximum Gasteiger partial charge on any atom is 0.241 e. The second-order valence-corrected chi connectivity index (χ2v) is 2.52. The van der Waals surface area contributed by atoms with E-state index in [1.807, 2.05) is 0 Å².